The van der Waals surface area contributed by atoms with Gasteiger partial charge in [-0.2, -0.15) is 0 Å². The molecular formula is C18H16N2OS. The van der Waals surface area contributed by atoms with Crippen LogP contribution < -0.4 is 5.56 Å². The molecule has 0 atom stereocenters. The van der Waals surface area contributed by atoms with Gasteiger partial charge in [0.25, 0.3) is 5.56 Å². The first kappa shape index (κ1) is 14.6. The smallest absolute Gasteiger partial charge is 0.263 e. The number of terminal acetylenes is 1. The molecule has 0 saturated carbocycles. The lowest BCUT2D eigenvalue weighted by Crippen LogP contribution is -2.23. The van der Waals surface area contributed by atoms with Gasteiger partial charge in [0.1, 0.15) is 10.7 Å². The third kappa shape index (κ3) is 2.24. The minimum Gasteiger partial charge on any atom is -0.284 e. The van der Waals surface area contributed by atoms with Gasteiger partial charge in [-0.15, -0.1) is 17.8 Å². The fourth-order valence-corrected chi connectivity index (χ4v) is 3.51. The topological polar surface area (TPSA) is 34.9 Å². The summed E-state index contributed by atoms with van der Waals surface area (Å²) in [5.41, 5.74) is 4.37. The van der Waals surface area contributed by atoms with Crippen molar-refractivity contribution in [3.05, 3.63) is 50.9 Å². The summed E-state index contributed by atoms with van der Waals surface area (Å²) in [6, 6.07) is 6.24. The molecule has 2 heterocycles. The molecule has 0 fully saturated rings. The number of aromatic nitrogens is 2. The lowest BCUT2D eigenvalue weighted by molar-refractivity contribution is 0.743. The van der Waals surface area contributed by atoms with Gasteiger partial charge in [0.15, 0.2) is 0 Å². The number of hydrogen-bond donors (Lipinski definition) is 0. The molecule has 0 saturated heterocycles. The molecule has 3 rings (SSSR count). The maximum absolute atomic E-state index is 12.8. The Hall–Kier alpha value is -2.38. The summed E-state index contributed by atoms with van der Waals surface area (Å²) in [5, 5.41) is 2.66. The summed E-state index contributed by atoms with van der Waals surface area (Å²) >= 11 is 1.50. The summed E-state index contributed by atoms with van der Waals surface area (Å²) in [7, 11) is 0. The van der Waals surface area contributed by atoms with Gasteiger partial charge >= 0.3 is 0 Å². The zero-order chi connectivity index (χ0) is 15.9. The van der Waals surface area contributed by atoms with E-state index in [0.717, 1.165) is 16.0 Å². The van der Waals surface area contributed by atoms with Crippen molar-refractivity contribution < 1.29 is 0 Å². The minimum absolute atomic E-state index is 0.0603. The molecule has 3 nitrogen and oxygen atoms in total. The predicted molar refractivity (Wildman–Crippen MR) is 92.4 cm³/mol. The molecule has 110 valence electrons. The molecular weight excluding hydrogens is 292 g/mol. The van der Waals surface area contributed by atoms with E-state index in [-0.39, 0.29) is 12.1 Å². The van der Waals surface area contributed by atoms with Crippen LogP contribution in [0.2, 0.25) is 0 Å². The van der Waals surface area contributed by atoms with Gasteiger partial charge in [0, 0.05) is 10.9 Å². The third-order valence-electron chi connectivity index (χ3n) is 3.95. The van der Waals surface area contributed by atoms with E-state index in [9.17, 15) is 4.79 Å². The van der Waals surface area contributed by atoms with Crippen molar-refractivity contribution >= 4 is 21.6 Å². The fourth-order valence-electron chi connectivity index (χ4n) is 2.52. The first-order chi connectivity index (χ1) is 10.5. The quantitative estimate of drug-likeness (QED) is 0.677. The van der Waals surface area contributed by atoms with E-state index < -0.39 is 0 Å². The molecule has 0 spiro atoms. The van der Waals surface area contributed by atoms with Gasteiger partial charge in [-0.3, -0.25) is 9.36 Å². The summed E-state index contributed by atoms with van der Waals surface area (Å²) in [5.74, 6) is 3.18. The third-order valence-corrected chi connectivity index (χ3v) is 4.82. The van der Waals surface area contributed by atoms with E-state index in [4.69, 9.17) is 6.42 Å². The second-order valence-electron chi connectivity index (χ2n) is 5.38. The second-order valence-corrected chi connectivity index (χ2v) is 6.24. The Morgan fingerprint density at radius 2 is 2.05 bits per heavy atom. The van der Waals surface area contributed by atoms with Gasteiger partial charge in [-0.05, 0) is 37.5 Å². The lowest BCUT2D eigenvalue weighted by atomic mass is 10.0. The Kier molecular flexibility index (Phi) is 3.59. The summed E-state index contributed by atoms with van der Waals surface area (Å²) in [6.45, 7) is 6.21. The Labute approximate surface area is 133 Å². The van der Waals surface area contributed by atoms with Crippen molar-refractivity contribution in [1.29, 1.82) is 0 Å². The zero-order valence-corrected chi connectivity index (χ0v) is 13.6. The highest BCUT2D eigenvalue weighted by Crippen LogP contribution is 2.31. The van der Waals surface area contributed by atoms with Crippen LogP contribution in [0.15, 0.2) is 28.4 Å². The molecule has 4 heteroatoms. The Balaban J connectivity index is 2.32. The second kappa shape index (κ2) is 5.43. The normalized spacial score (nSPS) is 10.8. The van der Waals surface area contributed by atoms with Crippen molar-refractivity contribution in [2.75, 3.05) is 0 Å². The molecule has 0 amide bonds. The van der Waals surface area contributed by atoms with Crippen molar-refractivity contribution in [2.45, 2.75) is 27.3 Å². The standard InChI is InChI=1S/C18H16N2OS/c1-5-8-20-13(4)19-17-16(18(20)21)15(10-22-17)14-7-6-11(2)12(3)9-14/h1,6-7,9-10H,8H2,2-4H3. The maximum atomic E-state index is 12.8. The molecule has 0 aliphatic heterocycles. The van der Waals surface area contributed by atoms with Crippen LogP contribution in [0, 0.1) is 33.1 Å². The maximum Gasteiger partial charge on any atom is 0.263 e. The van der Waals surface area contributed by atoms with Crippen LogP contribution in [-0.2, 0) is 6.54 Å². The van der Waals surface area contributed by atoms with Gasteiger partial charge in [-0.25, -0.2) is 4.98 Å². The first-order valence-corrected chi connectivity index (χ1v) is 7.90. The molecule has 0 N–H and O–H groups in total. The number of benzene rings is 1. The molecule has 0 radical (unpaired) electrons. The molecule has 3 aromatic rings. The van der Waals surface area contributed by atoms with E-state index >= 15 is 0 Å². The number of nitrogens with zero attached hydrogens (tertiary/aromatic N) is 2. The first-order valence-electron chi connectivity index (χ1n) is 7.02. The SMILES string of the molecule is C#CCn1c(C)nc2scc(-c3ccc(C)c(C)c3)c2c1=O. The van der Waals surface area contributed by atoms with Crippen molar-refractivity contribution in [3.8, 4) is 23.5 Å². The monoisotopic (exact) mass is 308 g/mol. The lowest BCUT2D eigenvalue weighted by Gasteiger charge is -2.07. The van der Waals surface area contributed by atoms with E-state index in [1.165, 1.54) is 22.5 Å². The number of hydrogen-bond acceptors (Lipinski definition) is 3. The van der Waals surface area contributed by atoms with Crippen LogP contribution in [0.3, 0.4) is 0 Å². The fraction of sp³-hybridized carbons (Fsp3) is 0.222. The molecule has 0 unspecified atom stereocenters. The van der Waals surface area contributed by atoms with Crippen LogP contribution in [0.4, 0.5) is 0 Å². The van der Waals surface area contributed by atoms with Crippen molar-refractivity contribution in [2.24, 2.45) is 0 Å². The summed E-state index contributed by atoms with van der Waals surface area (Å²) in [6.07, 6.45) is 5.37. The summed E-state index contributed by atoms with van der Waals surface area (Å²) in [4.78, 5) is 18.1. The highest BCUT2D eigenvalue weighted by atomic mass is 32.1. The molecule has 0 aliphatic carbocycles. The zero-order valence-electron chi connectivity index (χ0n) is 12.8. The molecule has 1 aromatic carbocycles. The largest absolute Gasteiger partial charge is 0.284 e. The molecule has 22 heavy (non-hydrogen) atoms. The summed E-state index contributed by atoms with van der Waals surface area (Å²) < 4.78 is 1.56. The van der Waals surface area contributed by atoms with E-state index in [2.05, 4.69) is 43.0 Å². The van der Waals surface area contributed by atoms with Crippen molar-refractivity contribution in [1.82, 2.24) is 9.55 Å². The average Bonchev–Trinajstić information content (AvgIpc) is 2.90. The van der Waals surface area contributed by atoms with Crippen LogP contribution in [0.5, 0.6) is 0 Å². The van der Waals surface area contributed by atoms with Gasteiger partial charge in [0.05, 0.1) is 11.9 Å². The highest BCUT2D eigenvalue weighted by Gasteiger charge is 2.15. The van der Waals surface area contributed by atoms with Crippen LogP contribution >= 0.6 is 11.3 Å². The number of rotatable bonds is 2. The molecule has 2 aromatic heterocycles. The number of aryl methyl sites for hydroxylation is 3. The van der Waals surface area contributed by atoms with Crippen LogP contribution in [-0.4, -0.2) is 9.55 Å². The van der Waals surface area contributed by atoms with E-state index in [0.29, 0.717) is 11.2 Å². The predicted octanol–water partition coefficient (Wildman–Crippen LogP) is 3.68. The van der Waals surface area contributed by atoms with Gasteiger partial charge < -0.3 is 0 Å². The molecule has 0 aliphatic rings. The highest BCUT2D eigenvalue weighted by molar-refractivity contribution is 7.17. The van der Waals surface area contributed by atoms with Crippen LogP contribution in [0.1, 0.15) is 17.0 Å². The average molecular weight is 308 g/mol. The van der Waals surface area contributed by atoms with Gasteiger partial charge in [0.2, 0.25) is 0 Å². The minimum atomic E-state index is -0.0603. The van der Waals surface area contributed by atoms with E-state index in [1.807, 2.05) is 12.3 Å². The Morgan fingerprint density at radius 1 is 1.27 bits per heavy atom. The Bertz CT molecular complexity index is 973. The van der Waals surface area contributed by atoms with Gasteiger partial charge in [-0.1, -0.05) is 24.1 Å². The van der Waals surface area contributed by atoms with Crippen molar-refractivity contribution in [3.63, 3.8) is 0 Å². The van der Waals surface area contributed by atoms with E-state index in [1.54, 1.807) is 4.57 Å². The molecule has 0 bridgehead atoms. The van der Waals surface area contributed by atoms with Crippen LogP contribution in [0.25, 0.3) is 21.3 Å². The number of fused-ring (bicyclic) bond motifs is 1. The number of thiophene rings is 1. The Morgan fingerprint density at radius 3 is 2.73 bits per heavy atom.